The van der Waals surface area contributed by atoms with Crippen molar-refractivity contribution >= 4 is 34.2 Å². The summed E-state index contributed by atoms with van der Waals surface area (Å²) in [7, 11) is 0. The van der Waals surface area contributed by atoms with Gasteiger partial charge >= 0.3 is 11.9 Å². The predicted octanol–water partition coefficient (Wildman–Crippen LogP) is 5.76. The molecule has 1 aliphatic heterocycles. The smallest absolute Gasteiger partial charge is 0.341 e. The second-order valence-corrected chi connectivity index (χ2v) is 10.2. The second-order valence-electron chi connectivity index (χ2n) is 9.11. The summed E-state index contributed by atoms with van der Waals surface area (Å²) in [5.41, 5.74) is 4.08. The van der Waals surface area contributed by atoms with Crippen molar-refractivity contribution in [3.8, 4) is 0 Å². The molecule has 2 heterocycles. The van der Waals surface area contributed by atoms with Crippen LogP contribution in [0.5, 0.6) is 0 Å². The van der Waals surface area contributed by atoms with E-state index in [4.69, 9.17) is 9.47 Å². The highest BCUT2D eigenvalue weighted by atomic mass is 32.1. The average Bonchev–Trinajstić information content (AvgIpc) is 3.21. The Morgan fingerprint density at radius 1 is 1.14 bits per heavy atom. The number of carbonyl (C=O) groups excluding carboxylic acids is 3. The molecule has 0 fully saturated rings. The van der Waals surface area contributed by atoms with E-state index in [-0.39, 0.29) is 12.5 Å². The lowest BCUT2D eigenvalue weighted by Gasteiger charge is -2.25. The molecule has 2 aliphatic rings. The van der Waals surface area contributed by atoms with Crippen LogP contribution >= 0.6 is 11.3 Å². The summed E-state index contributed by atoms with van der Waals surface area (Å²) in [5.74, 6) is -0.566. The van der Waals surface area contributed by atoms with Crippen molar-refractivity contribution < 1.29 is 23.9 Å². The Bertz CT molecular complexity index is 1300. The number of hydrogen-bond acceptors (Lipinski definition) is 6. The molecule has 0 radical (unpaired) electrons. The van der Waals surface area contributed by atoms with E-state index in [0.29, 0.717) is 34.0 Å². The molecule has 1 aromatic heterocycles. The highest BCUT2D eigenvalue weighted by molar-refractivity contribution is 7.17. The van der Waals surface area contributed by atoms with Gasteiger partial charge in [-0.15, -0.1) is 11.3 Å². The third-order valence-electron chi connectivity index (χ3n) is 6.63. The summed E-state index contributed by atoms with van der Waals surface area (Å²) in [6.07, 6.45) is 2.80. The van der Waals surface area contributed by atoms with Gasteiger partial charge in [-0.2, -0.15) is 0 Å². The highest BCUT2D eigenvalue weighted by Crippen LogP contribution is 2.40. The molecule has 180 valence electrons. The number of thiophene rings is 1. The van der Waals surface area contributed by atoms with E-state index in [9.17, 15) is 14.4 Å². The Hall–Kier alpha value is -3.45. The number of rotatable bonds is 5. The molecule has 0 bridgehead atoms. The number of amides is 1. The van der Waals surface area contributed by atoms with Crippen molar-refractivity contribution in [2.75, 3.05) is 11.9 Å². The summed E-state index contributed by atoms with van der Waals surface area (Å²) in [6.45, 7) is 4.25. The van der Waals surface area contributed by atoms with Gasteiger partial charge in [0, 0.05) is 16.9 Å². The lowest BCUT2D eigenvalue weighted by molar-refractivity contribution is 0.0252. The highest BCUT2D eigenvalue weighted by Gasteiger charge is 2.31. The van der Waals surface area contributed by atoms with Gasteiger partial charge in [-0.25, -0.2) is 9.59 Å². The Morgan fingerprint density at radius 2 is 1.94 bits per heavy atom. The molecule has 5 rings (SSSR count). The summed E-state index contributed by atoms with van der Waals surface area (Å²) in [5, 5.41) is 3.50. The van der Waals surface area contributed by atoms with Crippen LogP contribution in [0.1, 0.15) is 79.0 Å². The fourth-order valence-electron chi connectivity index (χ4n) is 4.82. The monoisotopic (exact) mass is 489 g/mol. The minimum Gasteiger partial charge on any atom is -0.462 e. The van der Waals surface area contributed by atoms with E-state index in [2.05, 4.69) is 12.2 Å². The number of benzene rings is 2. The molecular weight excluding hydrogens is 462 g/mol. The minimum atomic E-state index is -0.395. The van der Waals surface area contributed by atoms with E-state index in [1.54, 1.807) is 25.1 Å². The molecule has 2 aromatic carbocycles. The molecule has 0 unspecified atom stereocenters. The zero-order chi connectivity index (χ0) is 24.5. The van der Waals surface area contributed by atoms with Crippen molar-refractivity contribution in [1.82, 2.24) is 0 Å². The molecule has 0 saturated heterocycles. The van der Waals surface area contributed by atoms with Crippen LogP contribution in [-0.4, -0.2) is 24.5 Å². The lowest BCUT2D eigenvalue weighted by Crippen LogP contribution is -2.23. The van der Waals surface area contributed by atoms with Crippen molar-refractivity contribution in [3.63, 3.8) is 0 Å². The van der Waals surface area contributed by atoms with E-state index < -0.39 is 18.0 Å². The van der Waals surface area contributed by atoms with Crippen LogP contribution in [0.25, 0.3) is 0 Å². The largest absolute Gasteiger partial charge is 0.462 e. The zero-order valence-corrected chi connectivity index (χ0v) is 20.6. The van der Waals surface area contributed by atoms with Gasteiger partial charge in [0.1, 0.15) is 11.1 Å². The maximum absolute atomic E-state index is 13.3. The van der Waals surface area contributed by atoms with Crippen LogP contribution in [0.4, 0.5) is 5.00 Å². The number of cyclic esters (lactones) is 1. The molecule has 35 heavy (non-hydrogen) atoms. The third kappa shape index (κ3) is 4.60. The summed E-state index contributed by atoms with van der Waals surface area (Å²) in [4.78, 5) is 39.8. The molecular formula is C28H27NO5S. The first-order valence-electron chi connectivity index (χ1n) is 12.0. The Morgan fingerprint density at radius 3 is 2.71 bits per heavy atom. The summed E-state index contributed by atoms with van der Waals surface area (Å²) in [6, 6.07) is 14.6. The fourth-order valence-corrected chi connectivity index (χ4v) is 6.22. The number of fused-ring (bicyclic) bond motifs is 2. The lowest BCUT2D eigenvalue weighted by atomic mass is 9.88. The van der Waals surface area contributed by atoms with Crippen LogP contribution in [0.2, 0.25) is 0 Å². The van der Waals surface area contributed by atoms with Gasteiger partial charge in [0.25, 0.3) is 5.91 Å². The van der Waals surface area contributed by atoms with Crippen LogP contribution in [0.15, 0.2) is 48.5 Å². The first kappa shape index (κ1) is 23.3. The second kappa shape index (κ2) is 9.66. The van der Waals surface area contributed by atoms with Crippen LogP contribution in [0, 0.1) is 5.92 Å². The van der Waals surface area contributed by atoms with Crippen LogP contribution in [-0.2, 0) is 28.7 Å². The van der Waals surface area contributed by atoms with Crippen LogP contribution < -0.4 is 5.32 Å². The minimum absolute atomic E-state index is 0.275. The molecule has 0 saturated carbocycles. The molecule has 1 aliphatic carbocycles. The molecule has 7 heteroatoms. The van der Waals surface area contributed by atoms with Gasteiger partial charge in [-0.1, -0.05) is 37.3 Å². The zero-order valence-electron chi connectivity index (χ0n) is 19.8. The number of ether oxygens (including phenoxy) is 2. The van der Waals surface area contributed by atoms with Gasteiger partial charge in [-0.3, -0.25) is 4.79 Å². The van der Waals surface area contributed by atoms with Crippen molar-refractivity contribution in [2.45, 2.75) is 45.6 Å². The standard InChI is InChI=1S/C28H27NO5S/c1-3-33-28(32)24-21-11-9-16(2)13-23(21)35-26(24)29-25(30)18-10-12-20-19(14-18)15-22(34-27(20)31)17-7-5-4-6-8-17/h4-8,10,12,14,16,22H,3,9,11,13,15H2,1-2H3,(H,29,30)/t16-,22-/m0/s1. The quantitative estimate of drug-likeness (QED) is 0.461. The van der Waals surface area contributed by atoms with Gasteiger partial charge in [0.05, 0.1) is 17.7 Å². The number of anilines is 1. The third-order valence-corrected chi connectivity index (χ3v) is 7.80. The van der Waals surface area contributed by atoms with Crippen molar-refractivity contribution in [3.05, 3.63) is 86.8 Å². The Labute approximate surface area is 208 Å². The maximum atomic E-state index is 13.3. The van der Waals surface area contributed by atoms with Gasteiger partial charge in [-0.05, 0) is 67.0 Å². The van der Waals surface area contributed by atoms with E-state index >= 15 is 0 Å². The maximum Gasteiger partial charge on any atom is 0.341 e. The molecule has 2 atom stereocenters. The molecule has 0 spiro atoms. The summed E-state index contributed by atoms with van der Waals surface area (Å²) >= 11 is 1.46. The molecule has 1 amide bonds. The first-order valence-corrected chi connectivity index (χ1v) is 12.8. The SMILES string of the molecule is CCOC(=O)c1c(NC(=O)c2ccc3c(c2)C[C@@H](c2ccccc2)OC3=O)sc2c1CC[C@H](C)C2. The number of nitrogens with one attached hydrogen (secondary N) is 1. The van der Waals surface area contributed by atoms with Crippen LogP contribution in [0.3, 0.4) is 0 Å². The van der Waals surface area contributed by atoms with Gasteiger partial charge < -0.3 is 14.8 Å². The molecule has 3 aromatic rings. The van der Waals surface area contributed by atoms with E-state index in [1.807, 2.05) is 30.3 Å². The van der Waals surface area contributed by atoms with Gasteiger partial charge in [0.15, 0.2) is 0 Å². The van der Waals surface area contributed by atoms with E-state index in [0.717, 1.165) is 40.8 Å². The van der Waals surface area contributed by atoms with E-state index in [1.165, 1.54) is 11.3 Å². The number of carbonyl (C=O) groups is 3. The van der Waals surface area contributed by atoms with Gasteiger partial charge in [0.2, 0.25) is 0 Å². The number of hydrogen-bond donors (Lipinski definition) is 1. The average molecular weight is 490 g/mol. The van der Waals surface area contributed by atoms with Crippen molar-refractivity contribution in [1.29, 1.82) is 0 Å². The number of esters is 2. The molecule has 6 nitrogen and oxygen atoms in total. The molecule has 1 N–H and O–H groups in total. The summed E-state index contributed by atoms with van der Waals surface area (Å²) < 4.78 is 10.9. The Kier molecular flexibility index (Phi) is 6.43. The predicted molar refractivity (Wildman–Crippen MR) is 134 cm³/mol. The Balaban J connectivity index is 1.42. The first-order chi connectivity index (χ1) is 16.9. The normalized spacial score (nSPS) is 18.7. The fraction of sp³-hybridized carbons (Fsp3) is 0.321. The van der Waals surface area contributed by atoms with Crippen molar-refractivity contribution in [2.24, 2.45) is 5.92 Å². The topological polar surface area (TPSA) is 81.7 Å².